The Hall–Kier alpha value is -1.76. The van der Waals surface area contributed by atoms with E-state index in [1.165, 1.54) is 26.4 Å². The van der Waals surface area contributed by atoms with Crippen molar-refractivity contribution in [2.45, 2.75) is 12.0 Å². The van der Waals surface area contributed by atoms with E-state index in [0.717, 1.165) is 0 Å². The van der Waals surface area contributed by atoms with Crippen LogP contribution in [0.15, 0.2) is 18.2 Å². The number of cyclic esters (lactones) is 1. The van der Waals surface area contributed by atoms with Crippen molar-refractivity contribution < 1.29 is 27.8 Å². The molecule has 20 heavy (non-hydrogen) atoms. The molecule has 0 spiro atoms. The van der Waals surface area contributed by atoms with E-state index >= 15 is 0 Å². The fourth-order valence-corrected chi connectivity index (χ4v) is 1.88. The van der Waals surface area contributed by atoms with E-state index in [2.05, 4.69) is 10.1 Å². The lowest BCUT2D eigenvalue weighted by Crippen LogP contribution is -2.49. The zero-order valence-corrected chi connectivity index (χ0v) is 11.6. The van der Waals surface area contributed by atoms with Crippen LogP contribution in [0.1, 0.15) is 11.6 Å². The minimum atomic E-state index is -3.23. The third kappa shape index (κ3) is 3.04. The summed E-state index contributed by atoms with van der Waals surface area (Å²) < 4.78 is 42.0. The summed E-state index contributed by atoms with van der Waals surface area (Å²) in [5.74, 6) is -2.59. The summed E-state index contributed by atoms with van der Waals surface area (Å²) in [5.41, 5.74) is 0.142. The van der Waals surface area contributed by atoms with Gasteiger partial charge in [-0.1, -0.05) is 0 Å². The average molecular weight is 310 g/mol. The number of alkyl halides is 2. The molecule has 1 atom stereocenters. The van der Waals surface area contributed by atoms with Gasteiger partial charge in [-0.3, -0.25) is 0 Å². The average Bonchev–Trinajstić information content (AvgIpc) is 2.41. The molecule has 0 saturated carbocycles. The van der Waals surface area contributed by atoms with E-state index in [1.54, 1.807) is 6.07 Å². The first kappa shape index (κ1) is 16.3. The zero-order chi connectivity index (χ0) is 14.0. The van der Waals surface area contributed by atoms with Gasteiger partial charge in [-0.2, -0.15) is 0 Å². The van der Waals surface area contributed by atoms with Crippen LogP contribution < -0.4 is 14.8 Å². The molecular weight excluding hydrogens is 296 g/mol. The molecule has 0 radical (unpaired) electrons. The van der Waals surface area contributed by atoms with Crippen molar-refractivity contribution >= 4 is 18.5 Å². The van der Waals surface area contributed by atoms with Gasteiger partial charge in [0.25, 0.3) is 0 Å². The summed E-state index contributed by atoms with van der Waals surface area (Å²) >= 11 is 0. The molecule has 112 valence electrons. The van der Waals surface area contributed by atoms with Gasteiger partial charge in [0, 0.05) is 5.56 Å². The number of carbonyl (C=O) groups excluding carboxylic acids is 1. The molecule has 1 fully saturated rings. The molecule has 1 aromatic carbocycles. The number of nitrogens with one attached hydrogen (secondary N) is 1. The number of alkyl carbamates (subject to hydrolysis) is 1. The minimum Gasteiger partial charge on any atom is -0.497 e. The molecule has 0 bridgehead atoms. The standard InChI is InChI=1S/C12H13F2NO4.ClH/c1-17-7-3-4-9(18-2)8(5-7)10-12(13,14)6-19-11(16)15-10;/h3-5,10H,6H2,1-2H3,(H,15,16);1H/t10-;/m1./s1. The predicted octanol–water partition coefficient (Wildman–Crippen LogP) is 2.54. The molecule has 1 N–H and O–H groups in total. The van der Waals surface area contributed by atoms with E-state index in [4.69, 9.17) is 9.47 Å². The lowest BCUT2D eigenvalue weighted by atomic mass is 9.98. The Labute approximate surface area is 120 Å². The van der Waals surface area contributed by atoms with Gasteiger partial charge in [-0.25, -0.2) is 13.6 Å². The summed E-state index contributed by atoms with van der Waals surface area (Å²) in [6, 6.07) is 2.98. The van der Waals surface area contributed by atoms with Crippen LogP contribution in [0.25, 0.3) is 0 Å². The Morgan fingerprint density at radius 2 is 2.05 bits per heavy atom. The highest BCUT2D eigenvalue weighted by molar-refractivity contribution is 5.85. The van der Waals surface area contributed by atoms with Crippen molar-refractivity contribution in [2.75, 3.05) is 20.8 Å². The molecule has 2 rings (SSSR count). The summed E-state index contributed by atoms with van der Waals surface area (Å²) in [6.45, 7) is -0.968. The van der Waals surface area contributed by atoms with Gasteiger partial charge in [-0.05, 0) is 18.2 Å². The monoisotopic (exact) mass is 309 g/mol. The number of amides is 1. The number of hydrogen-bond donors (Lipinski definition) is 1. The Kier molecular flexibility index (Phi) is 4.99. The maximum atomic E-state index is 13.8. The predicted molar refractivity (Wildman–Crippen MR) is 69.0 cm³/mol. The lowest BCUT2D eigenvalue weighted by Gasteiger charge is -2.32. The fourth-order valence-electron chi connectivity index (χ4n) is 1.88. The van der Waals surface area contributed by atoms with E-state index in [1.807, 2.05) is 0 Å². The molecule has 1 aliphatic heterocycles. The third-order valence-corrected chi connectivity index (χ3v) is 2.83. The van der Waals surface area contributed by atoms with Crippen LogP contribution in [-0.2, 0) is 4.74 Å². The Morgan fingerprint density at radius 1 is 1.35 bits per heavy atom. The summed E-state index contributed by atoms with van der Waals surface area (Å²) in [7, 11) is 2.79. The molecule has 1 heterocycles. The van der Waals surface area contributed by atoms with Crippen molar-refractivity contribution in [3.8, 4) is 11.5 Å². The highest BCUT2D eigenvalue weighted by atomic mass is 35.5. The van der Waals surface area contributed by atoms with Gasteiger partial charge in [-0.15, -0.1) is 12.4 Å². The second kappa shape index (κ2) is 6.13. The van der Waals surface area contributed by atoms with Crippen LogP contribution in [-0.4, -0.2) is 32.8 Å². The topological polar surface area (TPSA) is 56.8 Å². The number of halogens is 3. The van der Waals surface area contributed by atoms with Gasteiger partial charge >= 0.3 is 12.0 Å². The quantitative estimate of drug-likeness (QED) is 0.932. The van der Waals surface area contributed by atoms with Gasteiger partial charge in [0.15, 0.2) is 6.61 Å². The van der Waals surface area contributed by atoms with Crippen LogP contribution >= 0.6 is 12.4 Å². The molecule has 5 nitrogen and oxygen atoms in total. The number of ether oxygens (including phenoxy) is 3. The molecule has 1 amide bonds. The highest BCUT2D eigenvalue weighted by Gasteiger charge is 2.48. The number of methoxy groups -OCH3 is 2. The normalized spacial score (nSPS) is 20.2. The van der Waals surface area contributed by atoms with Crippen molar-refractivity contribution in [1.29, 1.82) is 0 Å². The van der Waals surface area contributed by atoms with Crippen LogP contribution in [0, 0.1) is 0 Å². The largest absolute Gasteiger partial charge is 0.497 e. The Bertz CT molecular complexity index is 498. The molecule has 1 aliphatic rings. The molecular formula is C12H14ClF2NO4. The van der Waals surface area contributed by atoms with Crippen LogP contribution in [0.5, 0.6) is 11.5 Å². The van der Waals surface area contributed by atoms with E-state index in [9.17, 15) is 13.6 Å². The second-order valence-electron chi connectivity index (χ2n) is 4.02. The lowest BCUT2D eigenvalue weighted by molar-refractivity contribution is -0.104. The Balaban J connectivity index is 0.00000200. The second-order valence-corrected chi connectivity index (χ2v) is 4.02. The van der Waals surface area contributed by atoms with Crippen molar-refractivity contribution in [3.05, 3.63) is 23.8 Å². The number of hydrogen-bond acceptors (Lipinski definition) is 4. The molecule has 8 heteroatoms. The van der Waals surface area contributed by atoms with Gasteiger partial charge < -0.3 is 19.5 Å². The highest BCUT2D eigenvalue weighted by Crippen LogP contribution is 2.39. The molecule has 0 unspecified atom stereocenters. The fraction of sp³-hybridized carbons (Fsp3) is 0.417. The van der Waals surface area contributed by atoms with Gasteiger partial charge in [0.2, 0.25) is 0 Å². The SMILES string of the molecule is COc1ccc(OC)c([C@H]2NC(=O)OCC2(F)F)c1.Cl. The third-order valence-electron chi connectivity index (χ3n) is 2.83. The van der Waals surface area contributed by atoms with Crippen LogP contribution in [0.2, 0.25) is 0 Å². The smallest absolute Gasteiger partial charge is 0.408 e. The van der Waals surface area contributed by atoms with E-state index < -0.39 is 24.7 Å². The van der Waals surface area contributed by atoms with Crippen molar-refractivity contribution in [2.24, 2.45) is 0 Å². The number of carbonyl (C=O) groups is 1. The Morgan fingerprint density at radius 3 is 2.65 bits per heavy atom. The molecule has 0 aliphatic carbocycles. The minimum absolute atomic E-state index is 0. The van der Waals surface area contributed by atoms with Crippen LogP contribution in [0.3, 0.4) is 0 Å². The van der Waals surface area contributed by atoms with Crippen molar-refractivity contribution in [3.63, 3.8) is 0 Å². The van der Waals surface area contributed by atoms with Crippen molar-refractivity contribution in [1.82, 2.24) is 5.32 Å². The van der Waals surface area contributed by atoms with Crippen LogP contribution in [0.4, 0.5) is 13.6 Å². The zero-order valence-electron chi connectivity index (χ0n) is 10.8. The first-order valence-electron chi connectivity index (χ1n) is 5.51. The number of rotatable bonds is 3. The molecule has 1 aromatic rings. The molecule has 0 aromatic heterocycles. The number of benzene rings is 1. The first-order chi connectivity index (χ1) is 8.97. The first-order valence-corrected chi connectivity index (χ1v) is 5.51. The summed E-state index contributed by atoms with van der Waals surface area (Å²) in [6.07, 6.45) is -0.888. The summed E-state index contributed by atoms with van der Waals surface area (Å²) in [4.78, 5) is 11.1. The van der Waals surface area contributed by atoms with Gasteiger partial charge in [0.05, 0.1) is 14.2 Å². The molecule has 1 saturated heterocycles. The van der Waals surface area contributed by atoms with Gasteiger partial charge in [0.1, 0.15) is 17.5 Å². The maximum absolute atomic E-state index is 13.8. The summed E-state index contributed by atoms with van der Waals surface area (Å²) in [5, 5.41) is 2.10. The van der Waals surface area contributed by atoms with E-state index in [-0.39, 0.29) is 23.7 Å². The maximum Gasteiger partial charge on any atom is 0.408 e. The van der Waals surface area contributed by atoms with E-state index in [0.29, 0.717) is 5.75 Å².